The number of sulfone groups is 1. The van der Waals surface area contributed by atoms with Gasteiger partial charge in [-0.3, -0.25) is 4.79 Å². The molecule has 2 aromatic carbocycles. The highest BCUT2D eigenvalue weighted by Crippen LogP contribution is 2.48. The molecule has 1 amide bonds. The zero-order valence-corrected chi connectivity index (χ0v) is 20.6. The SMILES string of the molecule is CSc1ccc(-c2cc(S(C)(=O)=O)ccc2C2CCC(F)(F)CC2C(=O)NC2(C#N)CC2)cc1. The van der Waals surface area contributed by atoms with E-state index >= 15 is 0 Å². The lowest BCUT2D eigenvalue weighted by atomic mass is 9.71. The van der Waals surface area contributed by atoms with Crippen LogP contribution in [0.2, 0.25) is 0 Å². The van der Waals surface area contributed by atoms with Crippen molar-refractivity contribution in [1.29, 1.82) is 5.26 Å². The van der Waals surface area contributed by atoms with E-state index in [-0.39, 0.29) is 17.7 Å². The maximum atomic E-state index is 14.4. The molecule has 2 aliphatic rings. The quantitative estimate of drug-likeness (QED) is 0.549. The second-order valence-corrected chi connectivity index (χ2v) is 12.1. The van der Waals surface area contributed by atoms with E-state index in [1.165, 1.54) is 6.07 Å². The first kappa shape index (κ1) is 24.7. The van der Waals surface area contributed by atoms with Gasteiger partial charge >= 0.3 is 0 Å². The highest BCUT2D eigenvalue weighted by Gasteiger charge is 2.50. The molecule has 5 nitrogen and oxygen atoms in total. The molecule has 2 saturated carbocycles. The molecule has 2 fully saturated rings. The Kier molecular flexibility index (Phi) is 6.51. The number of nitrogens with one attached hydrogen (secondary N) is 1. The Morgan fingerprint density at radius 2 is 1.82 bits per heavy atom. The summed E-state index contributed by atoms with van der Waals surface area (Å²) in [7, 11) is -3.50. The van der Waals surface area contributed by atoms with E-state index in [9.17, 15) is 27.3 Å². The predicted octanol–water partition coefficient (Wildman–Crippen LogP) is 5.17. The Balaban J connectivity index is 1.79. The van der Waals surface area contributed by atoms with E-state index in [2.05, 4.69) is 11.4 Å². The lowest BCUT2D eigenvalue weighted by Gasteiger charge is -2.37. The molecule has 180 valence electrons. The molecule has 0 bridgehead atoms. The average Bonchev–Trinajstić information content (AvgIpc) is 3.57. The molecule has 9 heteroatoms. The minimum absolute atomic E-state index is 0.0821. The van der Waals surface area contributed by atoms with Gasteiger partial charge in [0.2, 0.25) is 11.8 Å². The highest BCUT2D eigenvalue weighted by molar-refractivity contribution is 7.98. The van der Waals surface area contributed by atoms with Gasteiger partial charge in [-0.05, 0) is 72.4 Å². The normalized spacial score (nSPS) is 23.0. The highest BCUT2D eigenvalue weighted by atomic mass is 32.2. The summed E-state index contributed by atoms with van der Waals surface area (Å²) >= 11 is 1.57. The van der Waals surface area contributed by atoms with Crippen LogP contribution in [0, 0.1) is 17.2 Å². The predicted molar refractivity (Wildman–Crippen MR) is 128 cm³/mol. The van der Waals surface area contributed by atoms with Crippen molar-refractivity contribution >= 4 is 27.5 Å². The van der Waals surface area contributed by atoms with Gasteiger partial charge in [-0.1, -0.05) is 18.2 Å². The van der Waals surface area contributed by atoms with Crippen molar-refractivity contribution in [3.8, 4) is 17.2 Å². The number of halogens is 2. The smallest absolute Gasteiger partial charge is 0.249 e. The third kappa shape index (κ3) is 5.13. The summed E-state index contributed by atoms with van der Waals surface area (Å²) in [5, 5.41) is 12.1. The van der Waals surface area contributed by atoms with Gasteiger partial charge in [0.15, 0.2) is 9.84 Å². The number of thioether (sulfide) groups is 1. The summed E-state index contributed by atoms with van der Waals surface area (Å²) in [4.78, 5) is 14.3. The average molecular weight is 505 g/mol. The Morgan fingerprint density at radius 3 is 2.38 bits per heavy atom. The number of nitriles is 1. The molecule has 2 unspecified atom stereocenters. The minimum Gasteiger partial charge on any atom is -0.338 e. The zero-order valence-electron chi connectivity index (χ0n) is 19.0. The van der Waals surface area contributed by atoms with Crippen LogP contribution >= 0.6 is 11.8 Å². The van der Waals surface area contributed by atoms with Crippen molar-refractivity contribution in [3.05, 3.63) is 48.0 Å². The van der Waals surface area contributed by atoms with Crippen molar-refractivity contribution in [2.45, 2.75) is 59.3 Å². The van der Waals surface area contributed by atoms with Gasteiger partial charge in [0.1, 0.15) is 5.54 Å². The van der Waals surface area contributed by atoms with Crippen LogP contribution in [-0.2, 0) is 14.6 Å². The summed E-state index contributed by atoms with van der Waals surface area (Å²) < 4.78 is 53.4. The molecular formula is C25H26F2N2O3S2. The molecule has 0 spiro atoms. The van der Waals surface area contributed by atoms with Crippen LogP contribution in [0.4, 0.5) is 8.78 Å². The second kappa shape index (κ2) is 8.97. The third-order valence-electron chi connectivity index (χ3n) is 6.74. The lowest BCUT2D eigenvalue weighted by Crippen LogP contribution is -2.45. The van der Waals surface area contributed by atoms with Crippen LogP contribution in [-0.4, -0.2) is 38.3 Å². The molecule has 2 aliphatic carbocycles. The van der Waals surface area contributed by atoms with Crippen molar-refractivity contribution in [2.24, 2.45) is 5.92 Å². The molecule has 4 rings (SSSR count). The molecule has 1 N–H and O–H groups in total. The van der Waals surface area contributed by atoms with Gasteiger partial charge < -0.3 is 5.32 Å². The van der Waals surface area contributed by atoms with E-state index in [4.69, 9.17) is 0 Å². The molecule has 0 radical (unpaired) electrons. The van der Waals surface area contributed by atoms with Crippen molar-refractivity contribution in [1.82, 2.24) is 5.32 Å². The summed E-state index contributed by atoms with van der Waals surface area (Å²) in [6.45, 7) is 0. The summed E-state index contributed by atoms with van der Waals surface area (Å²) in [5.74, 6) is -5.07. The molecular weight excluding hydrogens is 478 g/mol. The van der Waals surface area contributed by atoms with E-state index < -0.39 is 45.5 Å². The van der Waals surface area contributed by atoms with E-state index in [1.54, 1.807) is 23.9 Å². The van der Waals surface area contributed by atoms with Gasteiger partial charge in [0.25, 0.3) is 0 Å². The monoisotopic (exact) mass is 504 g/mol. The number of benzene rings is 2. The van der Waals surface area contributed by atoms with Gasteiger partial charge in [-0.2, -0.15) is 5.26 Å². The van der Waals surface area contributed by atoms with Gasteiger partial charge in [0.05, 0.1) is 16.9 Å². The fourth-order valence-corrected chi connectivity index (χ4v) is 5.67. The van der Waals surface area contributed by atoms with Gasteiger partial charge in [-0.25, -0.2) is 17.2 Å². The Hall–Kier alpha value is -2.44. The summed E-state index contributed by atoms with van der Waals surface area (Å²) in [6, 6.07) is 14.4. The molecule has 2 aromatic rings. The summed E-state index contributed by atoms with van der Waals surface area (Å²) in [6.07, 6.45) is 3.21. The minimum atomic E-state index is -3.50. The van der Waals surface area contributed by atoms with Crippen LogP contribution in [0.1, 0.15) is 43.6 Å². The van der Waals surface area contributed by atoms with Crippen molar-refractivity contribution in [2.75, 3.05) is 12.5 Å². The maximum Gasteiger partial charge on any atom is 0.249 e. The number of nitrogens with zero attached hydrogens (tertiary/aromatic N) is 1. The standard InChI is InChI=1S/C25H26F2N2O3S2/c1-33-17-5-3-16(4-6-17)21-13-18(34(2,31)32)7-8-19(21)20-9-10-25(26,27)14-22(20)23(30)29-24(15-28)11-12-24/h3-8,13,20,22H,9-12,14H2,1-2H3,(H,29,30). The maximum absolute atomic E-state index is 14.4. The molecule has 0 saturated heterocycles. The molecule has 34 heavy (non-hydrogen) atoms. The topological polar surface area (TPSA) is 87.0 Å². The van der Waals surface area contributed by atoms with Crippen LogP contribution in [0.3, 0.4) is 0 Å². The Labute approximate surface area is 202 Å². The van der Waals surface area contributed by atoms with Crippen LogP contribution in [0.15, 0.2) is 52.3 Å². The van der Waals surface area contributed by atoms with E-state index in [0.717, 1.165) is 16.7 Å². The first-order valence-corrected chi connectivity index (χ1v) is 14.2. The first-order valence-electron chi connectivity index (χ1n) is 11.1. The van der Waals surface area contributed by atoms with Crippen LogP contribution in [0.25, 0.3) is 11.1 Å². The zero-order chi connectivity index (χ0) is 24.7. The lowest BCUT2D eigenvalue weighted by molar-refractivity contribution is -0.134. The van der Waals surface area contributed by atoms with Gasteiger partial charge in [0, 0.05) is 24.0 Å². The molecule has 0 aliphatic heterocycles. The summed E-state index contributed by atoms with van der Waals surface area (Å²) in [5.41, 5.74) is 1.09. The fourth-order valence-electron chi connectivity index (χ4n) is 4.61. The molecule has 0 heterocycles. The van der Waals surface area contributed by atoms with Gasteiger partial charge in [-0.15, -0.1) is 11.8 Å². The third-order valence-corrected chi connectivity index (χ3v) is 8.60. The number of carbonyl (C=O) groups excluding carboxylic acids is 1. The number of carbonyl (C=O) groups is 1. The molecule has 0 aromatic heterocycles. The van der Waals surface area contributed by atoms with E-state index in [1.807, 2.05) is 30.5 Å². The number of alkyl halides is 2. The van der Waals surface area contributed by atoms with Crippen molar-refractivity contribution < 1.29 is 22.0 Å². The molecule has 2 atom stereocenters. The Bertz CT molecular complexity index is 1250. The van der Waals surface area contributed by atoms with Crippen molar-refractivity contribution in [3.63, 3.8) is 0 Å². The number of hydrogen-bond donors (Lipinski definition) is 1. The van der Waals surface area contributed by atoms with E-state index in [0.29, 0.717) is 24.0 Å². The first-order chi connectivity index (χ1) is 16.0. The number of amides is 1. The van der Waals surface area contributed by atoms with Crippen LogP contribution < -0.4 is 5.32 Å². The Morgan fingerprint density at radius 1 is 1.15 bits per heavy atom. The van der Waals surface area contributed by atoms with Crippen LogP contribution in [0.5, 0.6) is 0 Å². The number of rotatable bonds is 6. The second-order valence-electron chi connectivity index (χ2n) is 9.24. The fraction of sp³-hybridized carbons (Fsp3) is 0.440. The largest absolute Gasteiger partial charge is 0.338 e. The number of hydrogen-bond acceptors (Lipinski definition) is 5.